The number of nitrogens with one attached hydrogen (secondary N) is 3. The predicted molar refractivity (Wildman–Crippen MR) is 128 cm³/mol. The number of amides is 1. The Labute approximate surface area is 186 Å². The largest absolute Gasteiger partial charge is 0.359 e. The van der Waals surface area contributed by atoms with E-state index in [9.17, 15) is 4.79 Å². The molecule has 1 unspecified atom stereocenters. The van der Waals surface area contributed by atoms with Crippen LogP contribution in [0, 0.1) is 0 Å². The monoisotopic (exact) mass is 439 g/mol. The molecule has 0 aliphatic carbocycles. The number of unbranched alkanes of at least 4 members (excludes halogenated alkanes) is 5. The Balaban J connectivity index is 2.33. The first-order valence-corrected chi connectivity index (χ1v) is 11.6. The van der Waals surface area contributed by atoms with Gasteiger partial charge in [-0.05, 0) is 51.1 Å². The molecule has 0 radical (unpaired) electrons. The third-order valence-electron chi connectivity index (χ3n) is 6.11. The zero-order valence-electron chi connectivity index (χ0n) is 18.2. The highest BCUT2D eigenvalue weighted by molar-refractivity contribution is 7.80. The molecule has 3 N–H and O–H groups in total. The quantitative estimate of drug-likeness (QED) is 0.275. The highest BCUT2D eigenvalue weighted by Gasteiger charge is 2.58. The zero-order valence-corrected chi connectivity index (χ0v) is 19.8. The van der Waals surface area contributed by atoms with Crippen LogP contribution < -0.4 is 16.0 Å². The normalized spacial score (nSPS) is 23.8. The standard InChI is InChI=1S/C21H37N5OS2/c1-5-7-8-9-10-11-12-21(26-16-17(27)24-19(26)29)20(3,4)23-14-15-25(21)18(28)22-13-6-2/h6,23H,2,5,7-16H2,1,3-4H3,(H,22,28)(H,24,27,29). The van der Waals surface area contributed by atoms with Crippen LogP contribution in [0.25, 0.3) is 0 Å². The summed E-state index contributed by atoms with van der Waals surface area (Å²) >= 11 is 11.4. The van der Waals surface area contributed by atoms with Crippen molar-refractivity contribution >= 4 is 40.6 Å². The van der Waals surface area contributed by atoms with E-state index in [0.29, 0.717) is 16.8 Å². The van der Waals surface area contributed by atoms with E-state index in [2.05, 4.69) is 53.1 Å². The molecule has 0 aromatic heterocycles. The zero-order chi connectivity index (χ0) is 21.5. The molecule has 2 saturated heterocycles. The Hall–Kier alpha value is -1.25. The second kappa shape index (κ2) is 10.7. The van der Waals surface area contributed by atoms with Gasteiger partial charge in [-0.1, -0.05) is 45.1 Å². The van der Waals surface area contributed by atoms with Gasteiger partial charge in [0.1, 0.15) is 12.2 Å². The summed E-state index contributed by atoms with van der Waals surface area (Å²) in [6.07, 6.45) is 9.95. The molecule has 0 aromatic rings. The highest BCUT2D eigenvalue weighted by atomic mass is 32.1. The second-order valence-corrected chi connectivity index (χ2v) is 9.23. The van der Waals surface area contributed by atoms with Crippen LogP contribution in [0.15, 0.2) is 12.7 Å². The molecule has 29 heavy (non-hydrogen) atoms. The molecule has 0 saturated carbocycles. The van der Waals surface area contributed by atoms with Crippen molar-refractivity contribution < 1.29 is 4.79 Å². The number of hydrogen-bond donors (Lipinski definition) is 3. The SMILES string of the molecule is C=CCNC(=S)N1CCNC(C)(C)C1(CCCCCCCC)N1CC(=O)NC1=S. The van der Waals surface area contributed by atoms with Crippen molar-refractivity contribution in [1.29, 1.82) is 0 Å². The number of carbonyl (C=O) groups is 1. The minimum Gasteiger partial charge on any atom is -0.359 e. The number of rotatable bonds is 10. The van der Waals surface area contributed by atoms with Crippen LogP contribution in [-0.4, -0.2) is 63.3 Å². The summed E-state index contributed by atoms with van der Waals surface area (Å²) in [6, 6.07) is 0. The fourth-order valence-electron chi connectivity index (χ4n) is 4.63. The Morgan fingerprint density at radius 1 is 1.28 bits per heavy atom. The molecule has 0 bridgehead atoms. The van der Waals surface area contributed by atoms with Crippen molar-refractivity contribution in [2.24, 2.45) is 0 Å². The second-order valence-electron chi connectivity index (χ2n) is 8.45. The summed E-state index contributed by atoms with van der Waals surface area (Å²) < 4.78 is 0. The van der Waals surface area contributed by atoms with Gasteiger partial charge in [0.15, 0.2) is 10.2 Å². The molecule has 2 aliphatic heterocycles. The van der Waals surface area contributed by atoms with Crippen molar-refractivity contribution in [1.82, 2.24) is 25.8 Å². The first kappa shape index (κ1) is 24.0. The van der Waals surface area contributed by atoms with E-state index in [4.69, 9.17) is 24.4 Å². The molecular weight excluding hydrogens is 402 g/mol. The van der Waals surface area contributed by atoms with E-state index in [1.807, 2.05) is 0 Å². The van der Waals surface area contributed by atoms with Crippen LogP contribution >= 0.6 is 24.4 Å². The maximum absolute atomic E-state index is 12.2. The lowest BCUT2D eigenvalue weighted by Gasteiger charge is -2.61. The molecule has 6 nitrogen and oxygen atoms in total. The van der Waals surface area contributed by atoms with Crippen LogP contribution in [-0.2, 0) is 4.79 Å². The summed E-state index contributed by atoms with van der Waals surface area (Å²) in [5.41, 5.74) is -0.831. The molecule has 8 heteroatoms. The van der Waals surface area contributed by atoms with E-state index in [1.54, 1.807) is 6.08 Å². The van der Waals surface area contributed by atoms with Crippen molar-refractivity contribution in [3.8, 4) is 0 Å². The van der Waals surface area contributed by atoms with Gasteiger partial charge in [-0.15, -0.1) is 6.58 Å². The van der Waals surface area contributed by atoms with E-state index < -0.39 is 5.66 Å². The summed E-state index contributed by atoms with van der Waals surface area (Å²) in [4.78, 5) is 16.5. The molecule has 164 valence electrons. The Morgan fingerprint density at radius 3 is 2.59 bits per heavy atom. The fraction of sp³-hybridized carbons (Fsp3) is 0.762. The van der Waals surface area contributed by atoms with Gasteiger partial charge in [0, 0.05) is 19.6 Å². The Bertz CT molecular complexity index is 624. The first-order chi connectivity index (χ1) is 13.8. The lowest BCUT2D eigenvalue weighted by atomic mass is 9.78. The summed E-state index contributed by atoms with van der Waals surface area (Å²) in [5.74, 6) is -0.0522. The number of thiocarbonyl (C=S) groups is 2. The molecule has 0 spiro atoms. The maximum atomic E-state index is 12.2. The molecule has 2 rings (SSSR count). The van der Waals surface area contributed by atoms with Gasteiger partial charge in [-0.2, -0.15) is 0 Å². The average Bonchev–Trinajstić information content (AvgIpc) is 3.01. The Kier molecular flexibility index (Phi) is 8.85. The minimum atomic E-state index is -0.516. The lowest BCUT2D eigenvalue weighted by molar-refractivity contribution is -0.122. The van der Waals surface area contributed by atoms with Gasteiger partial charge in [0.2, 0.25) is 5.91 Å². The fourth-order valence-corrected chi connectivity index (χ4v) is 5.28. The Morgan fingerprint density at radius 2 is 1.97 bits per heavy atom. The van der Waals surface area contributed by atoms with E-state index in [0.717, 1.165) is 25.9 Å². The number of carbonyl (C=O) groups excluding carboxylic acids is 1. The molecule has 2 heterocycles. The third-order valence-corrected chi connectivity index (χ3v) is 6.80. The third kappa shape index (κ3) is 5.27. The van der Waals surface area contributed by atoms with Gasteiger partial charge in [0.25, 0.3) is 0 Å². The lowest BCUT2D eigenvalue weighted by Crippen LogP contribution is -2.80. The maximum Gasteiger partial charge on any atom is 0.245 e. The van der Waals surface area contributed by atoms with Crippen LogP contribution in [0.1, 0.15) is 65.7 Å². The minimum absolute atomic E-state index is 0.0522. The van der Waals surface area contributed by atoms with Crippen molar-refractivity contribution in [2.45, 2.75) is 76.9 Å². The topological polar surface area (TPSA) is 59.6 Å². The predicted octanol–water partition coefficient (Wildman–Crippen LogP) is 2.89. The number of piperazine rings is 1. The molecule has 1 amide bonds. The van der Waals surface area contributed by atoms with Crippen molar-refractivity contribution in [3.63, 3.8) is 0 Å². The van der Waals surface area contributed by atoms with Gasteiger partial charge in [-0.25, -0.2) is 0 Å². The van der Waals surface area contributed by atoms with Gasteiger partial charge in [0.05, 0.1) is 5.54 Å². The van der Waals surface area contributed by atoms with E-state index in [1.165, 1.54) is 32.1 Å². The van der Waals surface area contributed by atoms with Crippen molar-refractivity contribution in [3.05, 3.63) is 12.7 Å². The molecule has 0 aromatic carbocycles. The smallest absolute Gasteiger partial charge is 0.245 e. The summed E-state index contributed by atoms with van der Waals surface area (Å²) in [5, 5.41) is 11.0. The molecule has 1 atom stereocenters. The van der Waals surface area contributed by atoms with Gasteiger partial charge in [-0.3, -0.25) is 4.79 Å². The first-order valence-electron chi connectivity index (χ1n) is 10.8. The average molecular weight is 440 g/mol. The molecule has 2 fully saturated rings. The molecule has 2 aliphatic rings. The highest BCUT2D eigenvalue weighted by Crippen LogP contribution is 2.40. The number of hydrogen-bond acceptors (Lipinski definition) is 4. The van der Waals surface area contributed by atoms with Crippen LogP contribution in [0.5, 0.6) is 0 Å². The van der Waals surface area contributed by atoms with Crippen LogP contribution in [0.2, 0.25) is 0 Å². The number of nitrogens with zero attached hydrogens (tertiary/aromatic N) is 2. The van der Waals surface area contributed by atoms with Crippen LogP contribution in [0.4, 0.5) is 0 Å². The summed E-state index contributed by atoms with van der Waals surface area (Å²) in [7, 11) is 0. The molecular formula is C21H37N5OS2. The van der Waals surface area contributed by atoms with E-state index >= 15 is 0 Å². The van der Waals surface area contributed by atoms with E-state index in [-0.39, 0.29) is 18.0 Å². The van der Waals surface area contributed by atoms with Crippen molar-refractivity contribution in [2.75, 3.05) is 26.2 Å². The summed E-state index contributed by atoms with van der Waals surface area (Å²) in [6.45, 7) is 12.9. The van der Waals surface area contributed by atoms with Gasteiger partial charge < -0.3 is 25.8 Å². The van der Waals surface area contributed by atoms with Gasteiger partial charge >= 0.3 is 0 Å². The van der Waals surface area contributed by atoms with Crippen LogP contribution in [0.3, 0.4) is 0 Å².